The number of hydrogen-bond donors (Lipinski definition) is 1. The van der Waals surface area contributed by atoms with Crippen LogP contribution in [0.4, 0.5) is 0 Å². The molecular weight excluding hydrogens is 152 g/mol. The van der Waals surface area contributed by atoms with E-state index in [9.17, 15) is 4.79 Å². The van der Waals surface area contributed by atoms with Crippen LogP contribution < -0.4 is 5.73 Å². The molecule has 2 heterocycles. The van der Waals surface area contributed by atoms with Crippen LogP contribution in [0, 0.1) is 0 Å². The van der Waals surface area contributed by atoms with Gasteiger partial charge in [0.1, 0.15) is 0 Å². The van der Waals surface area contributed by atoms with Crippen molar-refractivity contribution in [2.75, 3.05) is 6.54 Å². The van der Waals surface area contributed by atoms with Crippen molar-refractivity contribution < 1.29 is 4.79 Å². The summed E-state index contributed by atoms with van der Waals surface area (Å²) in [7, 11) is 0. The first-order chi connectivity index (χ1) is 5.77. The summed E-state index contributed by atoms with van der Waals surface area (Å²) in [4.78, 5) is 13.1. The zero-order valence-corrected chi connectivity index (χ0v) is 7.33. The van der Waals surface area contributed by atoms with Crippen LogP contribution in [-0.4, -0.2) is 29.4 Å². The predicted octanol–water partition coefficient (Wildman–Crippen LogP) is 0.489. The first-order valence-electron chi connectivity index (χ1n) is 4.81. The van der Waals surface area contributed by atoms with E-state index in [4.69, 9.17) is 5.73 Å². The van der Waals surface area contributed by atoms with E-state index in [1.165, 1.54) is 25.7 Å². The van der Waals surface area contributed by atoms with Crippen molar-refractivity contribution in [2.24, 2.45) is 5.73 Å². The molecule has 0 spiro atoms. The first-order valence-corrected chi connectivity index (χ1v) is 4.81. The fourth-order valence-electron chi connectivity index (χ4n) is 2.62. The molecule has 2 bridgehead atoms. The van der Waals surface area contributed by atoms with Crippen LogP contribution in [0.5, 0.6) is 0 Å². The minimum atomic E-state index is -0.165. The van der Waals surface area contributed by atoms with E-state index in [2.05, 4.69) is 4.90 Å². The molecular formula is C9H16N2O. The third-order valence-corrected chi connectivity index (χ3v) is 3.22. The first kappa shape index (κ1) is 8.05. The molecule has 0 aromatic rings. The maximum atomic E-state index is 10.6. The summed E-state index contributed by atoms with van der Waals surface area (Å²) in [5.41, 5.74) is 5.12. The quantitative estimate of drug-likeness (QED) is 0.666. The van der Waals surface area contributed by atoms with Crippen LogP contribution in [0.15, 0.2) is 0 Å². The van der Waals surface area contributed by atoms with E-state index < -0.39 is 0 Å². The Morgan fingerprint density at radius 2 is 1.75 bits per heavy atom. The summed E-state index contributed by atoms with van der Waals surface area (Å²) in [5, 5.41) is 0. The highest BCUT2D eigenvalue weighted by Crippen LogP contribution is 2.36. The van der Waals surface area contributed by atoms with E-state index >= 15 is 0 Å². The zero-order valence-electron chi connectivity index (χ0n) is 7.33. The molecule has 0 radical (unpaired) electrons. The molecule has 68 valence electrons. The molecule has 1 amide bonds. The maximum absolute atomic E-state index is 10.6. The Morgan fingerprint density at radius 3 is 2.17 bits per heavy atom. The summed E-state index contributed by atoms with van der Waals surface area (Å²) in [6.45, 7) is 0.894. The van der Waals surface area contributed by atoms with E-state index in [-0.39, 0.29) is 5.91 Å². The molecule has 2 aliphatic heterocycles. The van der Waals surface area contributed by atoms with Crippen LogP contribution in [0.25, 0.3) is 0 Å². The topological polar surface area (TPSA) is 46.3 Å². The van der Waals surface area contributed by atoms with Gasteiger partial charge in [-0.3, -0.25) is 9.69 Å². The molecule has 3 heteroatoms. The highest BCUT2D eigenvalue weighted by molar-refractivity contribution is 5.73. The highest BCUT2D eigenvalue weighted by atomic mass is 16.1. The van der Waals surface area contributed by atoms with E-state index in [0.29, 0.717) is 6.42 Å². The van der Waals surface area contributed by atoms with Gasteiger partial charge in [-0.1, -0.05) is 0 Å². The average molecular weight is 168 g/mol. The number of primary amides is 1. The van der Waals surface area contributed by atoms with Gasteiger partial charge in [0.05, 0.1) is 0 Å². The summed E-state index contributed by atoms with van der Waals surface area (Å²) in [5.74, 6) is -0.165. The normalized spacial score (nSPS) is 34.3. The second-order valence-corrected chi connectivity index (χ2v) is 3.92. The minimum absolute atomic E-state index is 0.165. The fourth-order valence-corrected chi connectivity index (χ4v) is 2.62. The van der Waals surface area contributed by atoms with Crippen LogP contribution >= 0.6 is 0 Å². The van der Waals surface area contributed by atoms with Gasteiger partial charge in [0.2, 0.25) is 5.91 Å². The molecule has 0 unspecified atom stereocenters. The summed E-state index contributed by atoms with van der Waals surface area (Å²) >= 11 is 0. The molecule has 0 aliphatic carbocycles. The summed E-state index contributed by atoms with van der Waals surface area (Å²) in [6, 6.07) is 1.55. The number of carbonyl (C=O) groups is 1. The third-order valence-electron chi connectivity index (χ3n) is 3.22. The lowest BCUT2D eigenvalue weighted by Gasteiger charge is -2.20. The standard InChI is InChI=1S/C9H16N2O/c10-9(12)5-6-11-7-1-2-8(11)4-3-7/h7-8H,1-6H2,(H2,10,12). The van der Waals surface area contributed by atoms with Gasteiger partial charge in [0.25, 0.3) is 0 Å². The third kappa shape index (κ3) is 1.33. The van der Waals surface area contributed by atoms with Gasteiger partial charge in [-0.05, 0) is 25.7 Å². The van der Waals surface area contributed by atoms with Crippen molar-refractivity contribution in [3.63, 3.8) is 0 Å². The van der Waals surface area contributed by atoms with Gasteiger partial charge < -0.3 is 5.73 Å². The van der Waals surface area contributed by atoms with Gasteiger partial charge in [-0.15, -0.1) is 0 Å². The molecule has 12 heavy (non-hydrogen) atoms. The minimum Gasteiger partial charge on any atom is -0.370 e. The van der Waals surface area contributed by atoms with Gasteiger partial charge >= 0.3 is 0 Å². The van der Waals surface area contributed by atoms with Crippen molar-refractivity contribution in [1.82, 2.24) is 4.90 Å². The highest BCUT2D eigenvalue weighted by Gasteiger charge is 2.38. The Morgan fingerprint density at radius 1 is 1.25 bits per heavy atom. The predicted molar refractivity (Wildman–Crippen MR) is 46.6 cm³/mol. The lowest BCUT2D eigenvalue weighted by Crippen LogP contribution is -2.31. The monoisotopic (exact) mass is 168 g/mol. The van der Waals surface area contributed by atoms with Crippen LogP contribution in [0.2, 0.25) is 0 Å². The molecule has 2 saturated heterocycles. The smallest absolute Gasteiger partial charge is 0.218 e. The number of nitrogens with two attached hydrogens (primary N) is 1. The van der Waals surface area contributed by atoms with E-state index in [1.54, 1.807) is 0 Å². The zero-order chi connectivity index (χ0) is 8.55. The second kappa shape index (κ2) is 3.05. The number of carbonyl (C=O) groups excluding carboxylic acids is 1. The molecule has 0 atom stereocenters. The Balaban J connectivity index is 1.85. The van der Waals surface area contributed by atoms with E-state index in [0.717, 1.165) is 18.6 Å². The van der Waals surface area contributed by atoms with Crippen molar-refractivity contribution in [2.45, 2.75) is 44.2 Å². The van der Waals surface area contributed by atoms with Crippen molar-refractivity contribution in [3.8, 4) is 0 Å². The maximum Gasteiger partial charge on any atom is 0.218 e. The van der Waals surface area contributed by atoms with E-state index in [1.807, 2.05) is 0 Å². The molecule has 2 fully saturated rings. The van der Waals surface area contributed by atoms with Gasteiger partial charge in [-0.2, -0.15) is 0 Å². The summed E-state index contributed by atoms with van der Waals surface area (Å²) in [6.07, 6.45) is 5.88. The van der Waals surface area contributed by atoms with Crippen LogP contribution in [0.1, 0.15) is 32.1 Å². The number of hydrogen-bond acceptors (Lipinski definition) is 2. The van der Waals surface area contributed by atoms with Crippen molar-refractivity contribution in [3.05, 3.63) is 0 Å². The van der Waals surface area contributed by atoms with Gasteiger partial charge in [0.15, 0.2) is 0 Å². The summed E-state index contributed by atoms with van der Waals surface area (Å²) < 4.78 is 0. The Labute approximate surface area is 72.9 Å². The average Bonchev–Trinajstić information content (AvgIpc) is 2.59. The SMILES string of the molecule is NC(=O)CCN1C2CCC1CC2. The van der Waals surface area contributed by atoms with Crippen LogP contribution in [-0.2, 0) is 4.79 Å². The number of nitrogens with zero attached hydrogens (tertiary/aromatic N) is 1. The molecule has 0 saturated carbocycles. The van der Waals surface area contributed by atoms with Crippen molar-refractivity contribution >= 4 is 5.91 Å². The second-order valence-electron chi connectivity index (χ2n) is 3.92. The largest absolute Gasteiger partial charge is 0.370 e. The molecule has 0 aromatic carbocycles. The van der Waals surface area contributed by atoms with Gasteiger partial charge in [-0.25, -0.2) is 0 Å². The Bertz CT molecular complexity index is 173. The Hall–Kier alpha value is -0.570. The number of rotatable bonds is 3. The lowest BCUT2D eigenvalue weighted by molar-refractivity contribution is -0.118. The Kier molecular flexibility index (Phi) is 2.05. The molecule has 2 N–H and O–H groups in total. The van der Waals surface area contributed by atoms with Crippen LogP contribution in [0.3, 0.4) is 0 Å². The van der Waals surface area contributed by atoms with Crippen molar-refractivity contribution in [1.29, 1.82) is 0 Å². The number of amides is 1. The number of fused-ring (bicyclic) bond motifs is 2. The molecule has 2 rings (SSSR count). The molecule has 2 aliphatic rings. The molecule has 0 aromatic heterocycles. The fraction of sp³-hybridized carbons (Fsp3) is 0.889. The van der Waals surface area contributed by atoms with Gasteiger partial charge in [0, 0.05) is 25.0 Å². The molecule has 3 nitrogen and oxygen atoms in total. The lowest BCUT2D eigenvalue weighted by atomic mass is 10.0.